The lowest BCUT2D eigenvalue weighted by Crippen LogP contribution is -2.32. The van der Waals surface area contributed by atoms with Crippen LogP contribution in [0.5, 0.6) is 0 Å². The van der Waals surface area contributed by atoms with Gasteiger partial charge in [0, 0.05) is 0 Å². The van der Waals surface area contributed by atoms with Gasteiger partial charge in [0.05, 0.1) is 0 Å². The molecule has 0 heterocycles. The fourth-order valence-corrected chi connectivity index (χ4v) is 2.49. The van der Waals surface area contributed by atoms with Gasteiger partial charge in [-0.1, -0.05) is 0 Å². The number of carboxylic acid groups (broad SMARTS) is 1. The molecule has 3 nitrogen and oxygen atoms in total. The molecule has 2 fully saturated rings. The van der Waals surface area contributed by atoms with E-state index in [2.05, 4.69) is 0 Å². The lowest BCUT2D eigenvalue weighted by atomic mass is 9.95. The average molecular weight is 169 g/mol. The standard InChI is InChI=1S/C9H15NO2/c10-8(9(11)12)3-5-1-6-4-7(6)2-5/h5-8H,1-4,10H2,(H,11,12)/t5-,6-,7+,8?. The zero-order valence-electron chi connectivity index (χ0n) is 7.07. The Morgan fingerprint density at radius 3 is 2.50 bits per heavy atom. The van der Waals surface area contributed by atoms with E-state index in [1.54, 1.807) is 0 Å². The number of hydrogen-bond donors (Lipinski definition) is 2. The van der Waals surface area contributed by atoms with Gasteiger partial charge in [-0.2, -0.15) is 0 Å². The predicted molar refractivity (Wildman–Crippen MR) is 44.5 cm³/mol. The van der Waals surface area contributed by atoms with Gasteiger partial charge < -0.3 is 10.8 Å². The Balaban J connectivity index is 1.76. The summed E-state index contributed by atoms with van der Waals surface area (Å²) in [5.41, 5.74) is 5.46. The van der Waals surface area contributed by atoms with E-state index in [0.717, 1.165) is 11.8 Å². The zero-order chi connectivity index (χ0) is 8.72. The topological polar surface area (TPSA) is 63.3 Å². The van der Waals surface area contributed by atoms with E-state index in [-0.39, 0.29) is 0 Å². The van der Waals surface area contributed by atoms with Crippen LogP contribution in [0.25, 0.3) is 0 Å². The monoisotopic (exact) mass is 169 g/mol. The molecule has 0 amide bonds. The number of nitrogens with two attached hydrogens (primary N) is 1. The second-order valence-corrected chi connectivity index (χ2v) is 4.27. The second kappa shape index (κ2) is 2.73. The van der Waals surface area contributed by atoms with Gasteiger partial charge >= 0.3 is 5.97 Å². The Bertz CT molecular complexity index is 195. The minimum atomic E-state index is -0.851. The minimum absolute atomic E-state index is 0.597. The Labute approximate surface area is 71.9 Å². The van der Waals surface area contributed by atoms with Crippen LogP contribution in [0.4, 0.5) is 0 Å². The summed E-state index contributed by atoms with van der Waals surface area (Å²) >= 11 is 0. The molecule has 2 aliphatic carbocycles. The summed E-state index contributed by atoms with van der Waals surface area (Å²) in [7, 11) is 0. The maximum absolute atomic E-state index is 10.5. The number of fused-ring (bicyclic) bond motifs is 1. The SMILES string of the molecule is NC(C[C@@H]1C[C@@H]2C[C@@H]2C1)C(=O)O. The van der Waals surface area contributed by atoms with Crippen LogP contribution in [0.15, 0.2) is 0 Å². The molecule has 1 unspecified atom stereocenters. The van der Waals surface area contributed by atoms with Crippen LogP contribution < -0.4 is 5.73 Å². The van der Waals surface area contributed by atoms with Crippen LogP contribution in [-0.2, 0) is 4.79 Å². The molecule has 2 aliphatic rings. The van der Waals surface area contributed by atoms with Crippen molar-refractivity contribution in [2.24, 2.45) is 23.5 Å². The molecule has 2 rings (SSSR count). The summed E-state index contributed by atoms with van der Waals surface area (Å²) in [4.78, 5) is 10.5. The molecule has 0 aromatic heterocycles. The van der Waals surface area contributed by atoms with Gasteiger partial charge in [0.15, 0.2) is 0 Å². The van der Waals surface area contributed by atoms with Crippen molar-refractivity contribution in [1.82, 2.24) is 0 Å². The molecule has 4 atom stereocenters. The number of aliphatic carboxylic acids is 1. The maximum Gasteiger partial charge on any atom is 0.320 e. The highest BCUT2D eigenvalue weighted by atomic mass is 16.4. The van der Waals surface area contributed by atoms with Crippen LogP contribution in [0.3, 0.4) is 0 Å². The first-order valence-electron chi connectivity index (χ1n) is 4.65. The molecule has 68 valence electrons. The van der Waals surface area contributed by atoms with E-state index in [9.17, 15) is 4.79 Å². The van der Waals surface area contributed by atoms with Gasteiger partial charge in [-0.25, -0.2) is 0 Å². The van der Waals surface area contributed by atoms with Gasteiger partial charge in [0.1, 0.15) is 6.04 Å². The van der Waals surface area contributed by atoms with Gasteiger partial charge in [0.25, 0.3) is 0 Å². The smallest absolute Gasteiger partial charge is 0.320 e. The summed E-state index contributed by atoms with van der Waals surface area (Å²) < 4.78 is 0. The largest absolute Gasteiger partial charge is 0.480 e. The molecule has 2 saturated carbocycles. The molecule has 0 aromatic rings. The normalized spacial score (nSPS) is 40.6. The average Bonchev–Trinajstić information content (AvgIpc) is 2.59. The highest BCUT2D eigenvalue weighted by Crippen LogP contribution is 2.55. The summed E-state index contributed by atoms with van der Waals surface area (Å²) in [6, 6.07) is -0.632. The molecule has 0 saturated heterocycles. The Kier molecular flexibility index (Phi) is 1.83. The van der Waals surface area contributed by atoms with Crippen molar-refractivity contribution in [2.45, 2.75) is 31.7 Å². The third-order valence-electron chi connectivity index (χ3n) is 3.25. The van der Waals surface area contributed by atoms with E-state index in [0.29, 0.717) is 12.3 Å². The minimum Gasteiger partial charge on any atom is -0.480 e. The van der Waals surface area contributed by atoms with Gasteiger partial charge in [0.2, 0.25) is 0 Å². The van der Waals surface area contributed by atoms with Gasteiger partial charge in [-0.3, -0.25) is 4.79 Å². The van der Waals surface area contributed by atoms with Crippen LogP contribution >= 0.6 is 0 Å². The van der Waals surface area contributed by atoms with Crippen LogP contribution in [0.2, 0.25) is 0 Å². The predicted octanol–water partition coefficient (Wildman–Crippen LogP) is 0.834. The van der Waals surface area contributed by atoms with Gasteiger partial charge in [-0.15, -0.1) is 0 Å². The number of rotatable bonds is 3. The van der Waals surface area contributed by atoms with Crippen molar-refractivity contribution in [3.05, 3.63) is 0 Å². The second-order valence-electron chi connectivity index (χ2n) is 4.27. The molecule has 3 N–H and O–H groups in total. The summed E-state index contributed by atoms with van der Waals surface area (Å²) in [5.74, 6) is 1.60. The Morgan fingerprint density at radius 2 is 2.00 bits per heavy atom. The van der Waals surface area contributed by atoms with E-state index >= 15 is 0 Å². The first-order chi connectivity index (χ1) is 5.66. The van der Waals surface area contributed by atoms with Crippen LogP contribution in [0, 0.1) is 17.8 Å². The van der Waals surface area contributed by atoms with Crippen molar-refractivity contribution in [2.75, 3.05) is 0 Å². The Hall–Kier alpha value is -0.570. The molecule has 12 heavy (non-hydrogen) atoms. The third-order valence-corrected chi connectivity index (χ3v) is 3.25. The van der Waals surface area contributed by atoms with Crippen LogP contribution in [-0.4, -0.2) is 17.1 Å². The molecule has 0 spiro atoms. The van der Waals surface area contributed by atoms with E-state index < -0.39 is 12.0 Å². The molecule has 0 bridgehead atoms. The van der Waals surface area contributed by atoms with E-state index in [1.165, 1.54) is 19.3 Å². The van der Waals surface area contributed by atoms with E-state index in [4.69, 9.17) is 10.8 Å². The van der Waals surface area contributed by atoms with E-state index in [1.807, 2.05) is 0 Å². The first kappa shape index (κ1) is 8.05. The summed E-state index contributed by atoms with van der Waals surface area (Å²) in [5, 5.41) is 8.59. The molecule has 3 heteroatoms. The lowest BCUT2D eigenvalue weighted by Gasteiger charge is -2.13. The number of carbonyl (C=O) groups is 1. The molecule has 0 aromatic carbocycles. The number of carboxylic acids is 1. The first-order valence-corrected chi connectivity index (χ1v) is 4.65. The Morgan fingerprint density at radius 1 is 1.42 bits per heavy atom. The summed E-state index contributed by atoms with van der Waals surface area (Å²) in [6.45, 7) is 0. The van der Waals surface area contributed by atoms with Crippen molar-refractivity contribution in [3.8, 4) is 0 Å². The van der Waals surface area contributed by atoms with Crippen molar-refractivity contribution in [1.29, 1.82) is 0 Å². The quantitative estimate of drug-likeness (QED) is 0.658. The van der Waals surface area contributed by atoms with Gasteiger partial charge in [-0.05, 0) is 43.4 Å². The molecular formula is C9H15NO2. The fourth-order valence-electron chi connectivity index (χ4n) is 2.49. The maximum atomic E-state index is 10.5. The molecule has 0 aliphatic heterocycles. The molecule has 0 radical (unpaired) electrons. The third kappa shape index (κ3) is 1.46. The molecular weight excluding hydrogens is 154 g/mol. The fraction of sp³-hybridized carbons (Fsp3) is 0.889. The van der Waals surface area contributed by atoms with Crippen LogP contribution in [0.1, 0.15) is 25.7 Å². The highest BCUT2D eigenvalue weighted by Gasteiger charge is 2.46. The van der Waals surface area contributed by atoms with Crippen molar-refractivity contribution in [3.63, 3.8) is 0 Å². The summed E-state index contributed by atoms with van der Waals surface area (Å²) in [6.07, 6.45) is 4.53. The highest BCUT2D eigenvalue weighted by molar-refractivity contribution is 5.73. The number of hydrogen-bond acceptors (Lipinski definition) is 2. The van der Waals surface area contributed by atoms with Crippen molar-refractivity contribution >= 4 is 5.97 Å². The lowest BCUT2D eigenvalue weighted by molar-refractivity contribution is -0.138. The zero-order valence-corrected chi connectivity index (χ0v) is 7.07. The van der Waals surface area contributed by atoms with Crippen molar-refractivity contribution < 1.29 is 9.90 Å².